The third-order valence-corrected chi connectivity index (χ3v) is 5.58. The molecule has 0 aliphatic carbocycles. The fourth-order valence-corrected chi connectivity index (χ4v) is 3.99. The van der Waals surface area contributed by atoms with Gasteiger partial charge in [-0.05, 0) is 20.3 Å². The van der Waals surface area contributed by atoms with Gasteiger partial charge in [-0.1, -0.05) is 108 Å². The number of unbranched alkanes of at least 4 members (excludes halogenated alkanes) is 15. The summed E-state index contributed by atoms with van der Waals surface area (Å²) in [6.07, 6.45) is 22.6. The summed E-state index contributed by atoms with van der Waals surface area (Å²) < 4.78 is 0.635. The van der Waals surface area contributed by atoms with Crippen LogP contribution in [0.25, 0.3) is 0 Å². The number of thiocarbonyl (C=S) groups is 1. The van der Waals surface area contributed by atoms with Crippen LogP contribution in [-0.4, -0.2) is 21.8 Å². The van der Waals surface area contributed by atoms with E-state index >= 15 is 0 Å². The van der Waals surface area contributed by atoms with Crippen molar-refractivity contribution in [2.75, 3.05) is 6.54 Å². The van der Waals surface area contributed by atoms with E-state index in [1.165, 1.54) is 103 Å². The van der Waals surface area contributed by atoms with Gasteiger partial charge in [-0.15, -0.1) is 0 Å². The quantitative estimate of drug-likeness (QED) is 0.134. The average molecular weight is 426 g/mol. The molecule has 0 unspecified atom stereocenters. The third kappa shape index (κ3) is 20.5. The first kappa shape index (κ1) is 29.9. The maximum absolute atomic E-state index is 5.14. The molecule has 0 bridgehead atoms. The van der Waals surface area contributed by atoms with Gasteiger partial charge in [0.25, 0.3) is 0 Å². The van der Waals surface area contributed by atoms with Crippen LogP contribution >= 0.6 is 12.2 Å². The van der Waals surface area contributed by atoms with E-state index in [-0.39, 0.29) is 51.4 Å². The standard InChI is InChI=1S/C22H45NS2.K/c1-4-5-6-7-8-9-10-11-12-13-14-15-16-17-18-19-20-23(21(2)3)22(24)25;/h21H,4-20H2,1-3H3,(H,24,25);/q;+1/p-1. The third-order valence-electron chi connectivity index (χ3n) is 5.11. The molecule has 0 spiro atoms. The van der Waals surface area contributed by atoms with Gasteiger partial charge < -0.3 is 29.7 Å². The van der Waals surface area contributed by atoms with E-state index in [0.29, 0.717) is 10.4 Å². The zero-order valence-corrected chi connectivity index (χ0v) is 23.1. The summed E-state index contributed by atoms with van der Waals surface area (Å²) in [4.78, 5) is 2.18. The molecular formula is C22H44KNS2. The summed E-state index contributed by atoms with van der Waals surface area (Å²) in [6.45, 7) is 7.67. The summed E-state index contributed by atoms with van der Waals surface area (Å²) in [6, 6.07) is 0.446. The largest absolute Gasteiger partial charge is 1.00 e. The van der Waals surface area contributed by atoms with Gasteiger partial charge in [0.1, 0.15) is 0 Å². The number of rotatable bonds is 18. The predicted octanol–water partition coefficient (Wildman–Crippen LogP) is 4.79. The average Bonchev–Trinajstić information content (AvgIpc) is 2.57. The minimum absolute atomic E-state index is 0. The van der Waals surface area contributed by atoms with Crippen molar-refractivity contribution in [1.29, 1.82) is 0 Å². The van der Waals surface area contributed by atoms with Crippen molar-refractivity contribution in [3.63, 3.8) is 0 Å². The van der Waals surface area contributed by atoms with Gasteiger partial charge in [0.05, 0.1) is 0 Å². The molecule has 0 aliphatic rings. The van der Waals surface area contributed by atoms with Crippen molar-refractivity contribution in [2.45, 2.75) is 130 Å². The van der Waals surface area contributed by atoms with E-state index in [1.54, 1.807) is 0 Å². The molecule has 0 saturated heterocycles. The zero-order chi connectivity index (χ0) is 18.8. The molecule has 0 aromatic carbocycles. The molecule has 0 fully saturated rings. The van der Waals surface area contributed by atoms with Gasteiger partial charge in [0.2, 0.25) is 0 Å². The van der Waals surface area contributed by atoms with Crippen molar-refractivity contribution in [2.24, 2.45) is 0 Å². The van der Waals surface area contributed by atoms with E-state index < -0.39 is 0 Å². The molecular weight excluding hydrogens is 381 g/mol. The Morgan fingerprint density at radius 2 is 1.00 bits per heavy atom. The Morgan fingerprint density at radius 3 is 1.27 bits per heavy atom. The summed E-state index contributed by atoms with van der Waals surface area (Å²) in [5, 5.41) is 0. The van der Waals surface area contributed by atoms with Crippen molar-refractivity contribution < 1.29 is 51.4 Å². The monoisotopic (exact) mass is 425 g/mol. The van der Waals surface area contributed by atoms with Crippen molar-refractivity contribution in [3.05, 3.63) is 0 Å². The maximum Gasteiger partial charge on any atom is 1.00 e. The van der Waals surface area contributed by atoms with E-state index in [1.807, 2.05) is 0 Å². The smallest absolute Gasteiger partial charge is 0.411 e. The van der Waals surface area contributed by atoms with Gasteiger partial charge >= 0.3 is 51.4 Å². The second-order valence-electron chi connectivity index (χ2n) is 7.86. The summed E-state index contributed by atoms with van der Waals surface area (Å²) in [5.74, 6) is 0. The van der Waals surface area contributed by atoms with Crippen LogP contribution in [0.1, 0.15) is 124 Å². The van der Waals surface area contributed by atoms with Crippen molar-refractivity contribution >= 4 is 29.2 Å². The molecule has 0 atom stereocenters. The Hall–Kier alpha value is 1.75. The van der Waals surface area contributed by atoms with E-state index in [9.17, 15) is 0 Å². The number of hydrogen-bond donors (Lipinski definition) is 0. The van der Waals surface area contributed by atoms with Gasteiger partial charge in [-0.2, -0.15) is 0 Å². The molecule has 4 heteroatoms. The molecule has 0 heterocycles. The number of hydrogen-bond acceptors (Lipinski definition) is 2. The first-order chi connectivity index (χ1) is 12.1. The zero-order valence-electron chi connectivity index (χ0n) is 18.4. The fraction of sp³-hybridized carbons (Fsp3) is 0.955. The van der Waals surface area contributed by atoms with Crippen LogP contribution in [0.4, 0.5) is 0 Å². The van der Waals surface area contributed by atoms with Gasteiger partial charge in [-0.25, -0.2) is 0 Å². The molecule has 150 valence electrons. The molecule has 0 rings (SSSR count). The van der Waals surface area contributed by atoms with Crippen LogP contribution < -0.4 is 51.4 Å². The second-order valence-corrected chi connectivity index (χ2v) is 8.89. The molecule has 0 aromatic rings. The molecule has 0 aliphatic heterocycles. The van der Waals surface area contributed by atoms with Gasteiger partial charge in [0.15, 0.2) is 0 Å². The van der Waals surface area contributed by atoms with E-state index in [0.717, 1.165) is 6.54 Å². The fourth-order valence-electron chi connectivity index (χ4n) is 3.39. The van der Waals surface area contributed by atoms with Crippen molar-refractivity contribution in [3.8, 4) is 0 Å². The van der Waals surface area contributed by atoms with Crippen molar-refractivity contribution in [1.82, 2.24) is 4.90 Å². The molecule has 1 nitrogen and oxygen atoms in total. The number of nitrogens with zero attached hydrogens (tertiary/aromatic N) is 1. The summed E-state index contributed by atoms with van der Waals surface area (Å²) >= 11 is 10.3. The van der Waals surface area contributed by atoms with Gasteiger partial charge in [0, 0.05) is 12.6 Å². The van der Waals surface area contributed by atoms with Crippen LogP contribution in [0.2, 0.25) is 0 Å². The first-order valence-corrected chi connectivity index (χ1v) is 11.9. The molecule has 0 amide bonds. The summed E-state index contributed by atoms with van der Waals surface area (Å²) in [5.41, 5.74) is 0. The topological polar surface area (TPSA) is 3.24 Å². The van der Waals surface area contributed by atoms with E-state index in [2.05, 4.69) is 25.7 Å². The normalized spacial score (nSPS) is 10.8. The van der Waals surface area contributed by atoms with Crippen LogP contribution in [0.3, 0.4) is 0 Å². The Bertz CT molecular complexity index is 298. The summed E-state index contributed by atoms with van der Waals surface area (Å²) in [7, 11) is 0. The molecule has 26 heavy (non-hydrogen) atoms. The second kappa shape index (κ2) is 23.0. The van der Waals surface area contributed by atoms with Gasteiger partial charge in [-0.3, -0.25) is 0 Å². The molecule has 0 N–H and O–H groups in total. The molecule has 0 aromatic heterocycles. The Balaban J connectivity index is 0. The molecule has 0 saturated carbocycles. The minimum Gasteiger partial charge on any atom is -0.411 e. The predicted molar refractivity (Wildman–Crippen MR) is 121 cm³/mol. The molecule has 0 radical (unpaired) electrons. The minimum atomic E-state index is 0. The Labute approximate surface area is 219 Å². The van der Waals surface area contributed by atoms with Crippen LogP contribution in [0.5, 0.6) is 0 Å². The van der Waals surface area contributed by atoms with E-state index in [4.69, 9.17) is 24.8 Å². The first-order valence-electron chi connectivity index (χ1n) is 11.1. The van der Waals surface area contributed by atoms with Crippen LogP contribution in [0.15, 0.2) is 0 Å². The Kier molecular flexibility index (Phi) is 26.5. The SMILES string of the molecule is CCCCCCCCCCCCCCCCCCN(C(=S)[S-])C(C)C.[K+]. The van der Waals surface area contributed by atoms with Crippen LogP contribution in [0, 0.1) is 0 Å². The van der Waals surface area contributed by atoms with Crippen LogP contribution in [-0.2, 0) is 12.6 Å². The maximum atomic E-state index is 5.14. The Morgan fingerprint density at radius 1 is 0.692 bits per heavy atom.